The van der Waals surface area contributed by atoms with Crippen LogP contribution < -0.4 is 0 Å². The monoisotopic (exact) mass is 817 g/mol. The molecule has 0 rings (SSSR count). The van der Waals surface area contributed by atoms with E-state index in [-0.39, 0.29) is 31.1 Å². The van der Waals surface area contributed by atoms with E-state index in [0.29, 0.717) is 19.3 Å². The average molecular weight is 817 g/mol. The number of hydrogen-bond donors (Lipinski definition) is 0. The van der Waals surface area contributed by atoms with Gasteiger partial charge in [-0.25, -0.2) is 0 Å². The first-order chi connectivity index (χ1) is 29.0. The van der Waals surface area contributed by atoms with Crippen molar-refractivity contribution in [3.63, 3.8) is 0 Å². The number of carbonyl (C=O) groups is 3. The molecule has 0 heterocycles. The normalized spacial score (nSPS) is 13.1. The molecule has 6 heteroatoms. The Bertz CT molecular complexity index is 1260. The van der Waals surface area contributed by atoms with E-state index >= 15 is 0 Å². The number of carbonyl (C=O) groups excluding carboxylic acids is 3. The molecule has 0 amide bonds. The summed E-state index contributed by atoms with van der Waals surface area (Å²) in [5.41, 5.74) is 0. The Labute approximate surface area is 361 Å². The average Bonchev–Trinajstić information content (AvgIpc) is 3.23. The van der Waals surface area contributed by atoms with Crippen LogP contribution in [0, 0.1) is 0 Å². The topological polar surface area (TPSA) is 78.9 Å². The molecule has 0 radical (unpaired) electrons. The van der Waals surface area contributed by atoms with Gasteiger partial charge in [0.25, 0.3) is 0 Å². The highest BCUT2D eigenvalue weighted by Gasteiger charge is 2.19. The quantitative estimate of drug-likeness (QED) is 0.0201. The van der Waals surface area contributed by atoms with Gasteiger partial charge in [0.05, 0.1) is 0 Å². The number of allylic oxidation sites excluding steroid dienone is 18. The summed E-state index contributed by atoms with van der Waals surface area (Å²) >= 11 is 0. The fourth-order valence-corrected chi connectivity index (χ4v) is 5.91. The Morgan fingerprint density at radius 1 is 0.356 bits per heavy atom. The fourth-order valence-electron chi connectivity index (χ4n) is 5.91. The van der Waals surface area contributed by atoms with Crippen LogP contribution in [0.2, 0.25) is 0 Å². The first-order valence-electron chi connectivity index (χ1n) is 23.5. The van der Waals surface area contributed by atoms with Crippen molar-refractivity contribution in [1.82, 2.24) is 0 Å². The molecule has 0 aromatic rings. The van der Waals surface area contributed by atoms with Crippen molar-refractivity contribution >= 4 is 17.9 Å². The highest BCUT2D eigenvalue weighted by molar-refractivity contribution is 5.71. The van der Waals surface area contributed by atoms with Gasteiger partial charge < -0.3 is 14.2 Å². The minimum Gasteiger partial charge on any atom is -0.462 e. The van der Waals surface area contributed by atoms with Gasteiger partial charge in [-0.2, -0.15) is 0 Å². The summed E-state index contributed by atoms with van der Waals surface area (Å²) in [5.74, 6) is -0.970. The summed E-state index contributed by atoms with van der Waals surface area (Å²) in [4.78, 5) is 37.8. The van der Waals surface area contributed by atoms with Crippen LogP contribution in [0.3, 0.4) is 0 Å². The van der Waals surface area contributed by atoms with Crippen molar-refractivity contribution in [2.45, 2.75) is 194 Å². The Morgan fingerprint density at radius 2 is 0.678 bits per heavy atom. The molecule has 0 fully saturated rings. The summed E-state index contributed by atoms with van der Waals surface area (Å²) in [6.45, 7) is 6.25. The minimum atomic E-state index is -0.804. The zero-order valence-electron chi connectivity index (χ0n) is 37.7. The second kappa shape index (κ2) is 46.8. The lowest BCUT2D eigenvalue weighted by atomic mass is 10.1. The van der Waals surface area contributed by atoms with Gasteiger partial charge in [-0.05, 0) is 77.0 Å². The molecule has 0 aliphatic carbocycles. The van der Waals surface area contributed by atoms with Gasteiger partial charge in [-0.1, -0.05) is 201 Å². The first-order valence-corrected chi connectivity index (χ1v) is 23.5. The Kier molecular flexibility index (Phi) is 43.6. The SMILES string of the molecule is CC\C=C/C=C\C=C/C=C\CCCCCCCC(=O)OCC(COC(=O)CCCCCCC/C=C\CCCC)OC(=O)CCCCCCC\C=C/C=C\C=C/C=C\CC. The van der Waals surface area contributed by atoms with Gasteiger partial charge in [0.15, 0.2) is 6.10 Å². The van der Waals surface area contributed by atoms with Crippen LogP contribution in [-0.4, -0.2) is 37.2 Å². The lowest BCUT2D eigenvalue weighted by Crippen LogP contribution is -2.30. The summed E-state index contributed by atoms with van der Waals surface area (Å²) in [6.07, 6.45) is 62.0. The van der Waals surface area contributed by atoms with Gasteiger partial charge in [-0.15, -0.1) is 0 Å². The molecule has 6 nitrogen and oxygen atoms in total. The van der Waals surface area contributed by atoms with E-state index in [2.05, 4.69) is 81.5 Å². The maximum atomic E-state index is 12.7. The lowest BCUT2D eigenvalue weighted by molar-refractivity contribution is -0.167. The second-order valence-electron chi connectivity index (χ2n) is 15.1. The fraction of sp³-hybridized carbons (Fsp3) is 0.604. The van der Waals surface area contributed by atoms with Crippen LogP contribution in [0.5, 0.6) is 0 Å². The molecule has 0 aliphatic rings. The van der Waals surface area contributed by atoms with Crippen LogP contribution >= 0.6 is 0 Å². The summed E-state index contributed by atoms with van der Waals surface area (Å²) < 4.78 is 16.7. The first kappa shape index (κ1) is 55.1. The number of unbranched alkanes of at least 4 members (excludes halogenated alkanes) is 17. The highest BCUT2D eigenvalue weighted by Crippen LogP contribution is 2.13. The highest BCUT2D eigenvalue weighted by atomic mass is 16.6. The summed E-state index contributed by atoms with van der Waals surface area (Å²) in [7, 11) is 0. The second-order valence-corrected chi connectivity index (χ2v) is 15.1. The predicted molar refractivity (Wildman–Crippen MR) is 251 cm³/mol. The van der Waals surface area contributed by atoms with Crippen LogP contribution in [0.4, 0.5) is 0 Å². The third-order valence-electron chi connectivity index (χ3n) is 9.43. The summed E-state index contributed by atoms with van der Waals surface area (Å²) in [5, 5.41) is 0. The molecular formula is C53H84O6. The summed E-state index contributed by atoms with van der Waals surface area (Å²) in [6, 6.07) is 0. The van der Waals surface area contributed by atoms with E-state index in [1.54, 1.807) is 0 Å². The van der Waals surface area contributed by atoms with Crippen LogP contribution in [0.25, 0.3) is 0 Å². The number of rotatable bonds is 40. The molecular weight excluding hydrogens is 733 g/mol. The predicted octanol–water partition coefficient (Wildman–Crippen LogP) is 15.2. The maximum Gasteiger partial charge on any atom is 0.306 e. The van der Waals surface area contributed by atoms with Crippen molar-refractivity contribution < 1.29 is 28.6 Å². The Hall–Kier alpha value is -3.93. The third kappa shape index (κ3) is 45.0. The molecule has 0 aliphatic heterocycles. The van der Waals surface area contributed by atoms with Crippen LogP contribution in [0.15, 0.2) is 109 Å². The van der Waals surface area contributed by atoms with Crippen LogP contribution in [0.1, 0.15) is 188 Å². The number of esters is 3. The largest absolute Gasteiger partial charge is 0.462 e. The van der Waals surface area contributed by atoms with Crippen molar-refractivity contribution in [1.29, 1.82) is 0 Å². The molecule has 1 unspecified atom stereocenters. The van der Waals surface area contributed by atoms with Gasteiger partial charge in [-0.3, -0.25) is 14.4 Å². The molecule has 0 N–H and O–H groups in total. The van der Waals surface area contributed by atoms with E-state index < -0.39 is 6.10 Å². The van der Waals surface area contributed by atoms with Gasteiger partial charge in [0, 0.05) is 19.3 Å². The van der Waals surface area contributed by atoms with E-state index in [9.17, 15) is 14.4 Å². The third-order valence-corrected chi connectivity index (χ3v) is 9.43. The lowest BCUT2D eigenvalue weighted by Gasteiger charge is -2.18. The number of hydrogen-bond acceptors (Lipinski definition) is 6. The Morgan fingerprint density at radius 3 is 1.08 bits per heavy atom. The minimum absolute atomic E-state index is 0.103. The molecule has 59 heavy (non-hydrogen) atoms. The smallest absolute Gasteiger partial charge is 0.306 e. The van der Waals surface area contributed by atoms with Gasteiger partial charge >= 0.3 is 17.9 Å². The molecule has 0 spiro atoms. The maximum absolute atomic E-state index is 12.7. The van der Waals surface area contributed by atoms with Crippen molar-refractivity contribution in [2.24, 2.45) is 0 Å². The molecule has 0 saturated heterocycles. The molecule has 332 valence electrons. The molecule has 0 bridgehead atoms. The van der Waals surface area contributed by atoms with E-state index in [0.717, 1.165) is 122 Å². The van der Waals surface area contributed by atoms with Gasteiger partial charge in [0.1, 0.15) is 13.2 Å². The van der Waals surface area contributed by atoms with E-state index in [1.165, 1.54) is 25.7 Å². The zero-order chi connectivity index (χ0) is 43.0. The van der Waals surface area contributed by atoms with Crippen molar-refractivity contribution in [3.8, 4) is 0 Å². The van der Waals surface area contributed by atoms with Crippen molar-refractivity contribution in [2.75, 3.05) is 13.2 Å². The Balaban J connectivity index is 4.51. The van der Waals surface area contributed by atoms with E-state index in [4.69, 9.17) is 14.2 Å². The number of ether oxygens (including phenoxy) is 3. The molecule has 1 atom stereocenters. The van der Waals surface area contributed by atoms with Crippen LogP contribution in [-0.2, 0) is 28.6 Å². The van der Waals surface area contributed by atoms with Crippen molar-refractivity contribution in [3.05, 3.63) is 109 Å². The zero-order valence-corrected chi connectivity index (χ0v) is 37.7. The molecule has 0 aromatic carbocycles. The standard InChI is InChI=1S/C53H84O6/c1-4-7-10-13-16-19-22-24-26-28-31-34-37-40-43-46-52(55)58-49-50(48-57-51(54)45-42-39-36-33-30-21-18-15-12-9-6-3)59-53(56)47-44-41-38-35-32-29-27-25-23-20-17-14-11-8-5-2/h7-8,10-11,13-20,22-27,50H,4-6,9,12,21,28-49H2,1-3H3/b10-7-,11-8-,16-13-,17-14-,18-15-,22-19-,23-20-,26-24-,27-25-. The molecule has 0 aromatic heterocycles. The molecule has 0 saturated carbocycles. The van der Waals surface area contributed by atoms with Gasteiger partial charge in [0.2, 0.25) is 0 Å². The van der Waals surface area contributed by atoms with E-state index in [1.807, 2.05) is 48.6 Å².